The van der Waals surface area contributed by atoms with Gasteiger partial charge in [-0.15, -0.1) is 0 Å². The predicted molar refractivity (Wildman–Crippen MR) is 114 cm³/mol. The van der Waals surface area contributed by atoms with Gasteiger partial charge in [-0.05, 0) is 30.2 Å². The number of nitrogens with one attached hydrogen (secondary N) is 1. The predicted octanol–water partition coefficient (Wildman–Crippen LogP) is 3.07. The molecule has 0 atom stereocenters. The fourth-order valence-corrected chi connectivity index (χ4v) is 2.73. The molecular formula is C22H20N2O8. The molecule has 1 heterocycles. The Kier molecular flexibility index (Phi) is 6.83. The summed E-state index contributed by atoms with van der Waals surface area (Å²) in [7, 11) is 0. The van der Waals surface area contributed by atoms with Gasteiger partial charge in [-0.2, -0.15) is 0 Å². The molecule has 0 unspecified atom stereocenters. The van der Waals surface area contributed by atoms with Crippen molar-refractivity contribution in [1.29, 1.82) is 0 Å². The number of amides is 1. The van der Waals surface area contributed by atoms with E-state index in [2.05, 4.69) is 5.32 Å². The molecule has 0 spiro atoms. The third kappa shape index (κ3) is 5.48. The first-order valence-corrected chi connectivity index (χ1v) is 9.67. The maximum absolute atomic E-state index is 12.2. The Hall–Kier alpha value is -4.21. The number of nitro benzene ring substituents is 1. The van der Waals surface area contributed by atoms with E-state index in [4.69, 9.17) is 13.9 Å². The van der Waals surface area contributed by atoms with Gasteiger partial charge in [0, 0.05) is 24.1 Å². The lowest BCUT2D eigenvalue weighted by atomic mass is 10.1. The fourth-order valence-electron chi connectivity index (χ4n) is 2.73. The highest BCUT2D eigenvalue weighted by Gasteiger charge is 2.17. The minimum Gasteiger partial charge on any atom is -0.475 e. The van der Waals surface area contributed by atoms with Crippen LogP contribution >= 0.6 is 0 Å². The Morgan fingerprint density at radius 2 is 1.91 bits per heavy atom. The highest BCUT2D eigenvalue weighted by atomic mass is 16.6. The third-order valence-electron chi connectivity index (χ3n) is 4.26. The number of benzene rings is 2. The molecule has 0 saturated heterocycles. The van der Waals surface area contributed by atoms with Gasteiger partial charge in [0.15, 0.2) is 12.4 Å². The second-order valence-electron chi connectivity index (χ2n) is 7.24. The van der Waals surface area contributed by atoms with Crippen molar-refractivity contribution in [3.05, 3.63) is 74.6 Å². The van der Waals surface area contributed by atoms with Crippen LogP contribution in [0, 0.1) is 16.0 Å². The zero-order valence-corrected chi connectivity index (χ0v) is 17.3. The van der Waals surface area contributed by atoms with Crippen molar-refractivity contribution in [2.45, 2.75) is 13.8 Å². The lowest BCUT2D eigenvalue weighted by molar-refractivity contribution is -0.385. The average molecular weight is 440 g/mol. The van der Waals surface area contributed by atoms with Crippen LogP contribution in [0.1, 0.15) is 24.2 Å². The molecule has 10 heteroatoms. The quantitative estimate of drug-likeness (QED) is 0.185. The third-order valence-corrected chi connectivity index (χ3v) is 4.26. The standard InChI is InChI=1S/C22H20N2O8/c1-13(2)11-23-21(26)16-9-14-7-8-15(10-19(14)32-22(16)27)31-20(25)12-30-18-6-4-3-5-17(18)24(28)29/h3-10,13H,11-12H2,1-2H3,(H,23,26). The van der Waals surface area contributed by atoms with E-state index in [1.165, 1.54) is 48.5 Å². The van der Waals surface area contributed by atoms with Crippen LogP contribution in [-0.2, 0) is 4.79 Å². The highest BCUT2D eigenvalue weighted by Crippen LogP contribution is 2.26. The fraction of sp³-hybridized carbons (Fsp3) is 0.227. The largest absolute Gasteiger partial charge is 0.475 e. The van der Waals surface area contributed by atoms with Gasteiger partial charge in [-0.1, -0.05) is 26.0 Å². The minimum atomic E-state index is -0.818. The lowest BCUT2D eigenvalue weighted by Gasteiger charge is -2.09. The summed E-state index contributed by atoms with van der Waals surface area (Å²) in [6.07, 6.45) is 0. The maximum atomic E-state index is 12.2. The van der Waals surface area contributed by atoms with Gasteiger partial charge in [0.25, 0.3) is 5.91 Å². The molecule has 32 heavy (non-hydrogen) atoms. The van der Waals surface area contributed by atoms with E-state index in [9.17, 15) is 24.5 Å². The summed E-state index contributed by atoms with van der Waals surface area (Å²) in [6, 6.07) is 11.4. The molecule has 0 aliphatic carbocycles. The maximum Gasteiger partial charge on any atom is 0.349 e. The summed E-state index contributed by atoms with van der Waals surface area (Å²) in [5.74, 6) is -1.11. The number of hydrogen-bond donors (Lipinski definition) is 1. The summed E-state index contributed by atoms with van der Waals surface area (Å²) in [4.78, 5) is 46.8. The molecule has 1 N–H and O–H groups in total. The number of esters is 1. The van der Waals surface area contributed by atoms with Crippen LogP contribution in [0.5, 0.6) is 11.5 Å². The Balaban J connectivity index is 1.70. The van der Waals surface area contributed by atoms with Crippen molar-refractivity contribution < 1.29 is 28.4 Å². The van der Waals surface area contributed by atoms with Crippen molar-refractivity contribution in [2.75, 3.05) is 13.2 Å². The molecule has 166 valence electrons. The molecule has 10 nitrogen and oxygen atoms in total. The monoisotopic (exact) mass is 440 g/mol. The summed E-state index contributed by atoms with van der Waals surface area (Å²) >= 11 is 0. The molecule has 1 aromatic heterocycles. The van der Waals surface area contributed by atoms with Crippen LogP contribution in [0.2, 0.25) is 0 Å². The molecule has 1 amide bonds. The molecule has 0 aliphatic heterocycles. The Morgan fingerprint density at radius 3 is 2.62 bits per heavy atom. The zero-order valence-electron chi connectivity index (χ0n) is 17.3. The average Bonchev–Trinajstić information content (AvgIpc) is 2.75. The van der Waals surface area contributed by atoms with Crippen molar-refractivity contribution in [3.8, 4) is 11.5 Å². The van der Waals surface area contributed by atoms with Gasteiger partial charge in [0.1, 0.15) is 16.9 Å². The first kappa shape index (κ1) is 22.5. The van der Waals surface area contributed by atoms with E-state index >= 15 is 0 Å². The smallest absolute Gasteiger partial charge is 0.349 e. The van der Waals surface area contributed by atoms with Crippen LogP contribution in [0.3, 0.4) is 0 Å². The topological polar surface area (TPSA) is 138 Å². The van der Waals surface area contributed by atoms with Crippen molar-refractivity contribution in [3.63, 3.8) is 0 Å². The zero-order chi connectivity index (χ0) is 23.3. The van der Waals surface area contributed by atoms with Gasteiger partial charge in [0.05, 0.1) is 4.92 Å². The molecule has 3 aromatic rings. The van der Waals surface area contributed by atoms with Gasteiger partial charge in [-0.3, -0.25) is 14.9 Å². The van der Waals surface area contributed by atoms with E-state index in [1.807, 2.05) is 13.8 Å². The van der Waals surface area contributed by atoms with Gasteiger partial charge < -0.3 is 19.2 Å². The van der Waals surface area contributed by atoms with Crippen LogP contribution < -0.4 is 20.4 Å². The van der Waals surface area contributed by atoms with Crippen molar-refractivity contribution in [2.24, 2.45) is 5.92 Å². The molecule has 2 aromatic carbocycles. The molecule has 0 aliphatic rings. The minimum absolute atomic E-state index is 0.0674. The van der Waals surface area contributed by atoms with Crippen molar-refractivity contribution >= 4 is 28.5 Å². The van der Waals surface area contributed by atoms with E-state index in [0.717, 1.165) is 0 Å². The summed E-state index contributed by atoms with van der Waals surface area (Å²) in [5.41, 5.74) is -1.09. The molecular weight excluding hydrogens is 420 g/mol. The summed E-state index contributed by atoms with van der Waals surface area (Å²) in [5, 5.41) is 14.1. The normalized spacial score (nSPS) is 10.7. The number of carbonyl (C=O) groups excluding carboxylic acids is 2. The summed E-state index contributed by atoms with van der Waals surface area (Å²) < 4.78 is 15.5. The SMILES string of the molecule is CC(C)CNC(=O)c1cc2ccc(OC(=O)COc3ccccc3[N+](=O)[O-])cc2oc1=O. The number of hydrogen-bond acceptors (Lipinski definition) is 8. The van der Waals surface area contributed by atoms with Crippen LogP contribution in [0.4, 0.5) is 5.69 Å². The number of para-hydroxylation sites is 2. The molecule has 0 fully saturated rings. The number of rotatable bonds is 8. The van der Waals surface area contributed by atoms with E-state index in [0.29, 0.717) is 11.9 Å². The van der Waals surface area contributed by atoms with Gasteiger partial charge >= 0.3 is 17.3 Å². The second kappa shape index (κ2) is 9.73. The van der Waals surface area contributed by atoms with Gasteiger partial charge in [-0.25, -0.2) is 9.59 Å². The number of carbonyl (C=O) groups is 2. The van der Waals surface area contributed by atoms with Crippen LogP contribution in [-0.4, -0.2) is 30.0 Å². The number of ether oxygens (including phenoxy) is 2. The summed E-state index contributed by atoms with van der Waals surface area (Å²) in [6.45, 7) is 3.71. The first-order chi connectivity index (χ1) is 15.2. The molecule has 0 saturated carbocycles. The Bertz CT molecular complexity index is 1230. The highest BCUT2D eigenvalue weighted by molar-refractivity contribution is 5.96. The lowest BCUT2D eigenvalue weighted by Crippen LogP contribution is -2.31. The van der Waals surface area contributed by atoms with Gasteiger partial charge in [0.2, 0.25) is 0 Å². The van der Waals surface area contributed by atoms with Crippen LogP contribution in [0.25, 0.3) is 11.0 Å². The van der Waals surface area contributed by atoms with E-state index in [1.54, 1.807) is 0 Å². The number of fused-ring (bicyclic) bond motifs is 1. The molecule has 0 bridgehead atoms. The number of nitro groups is 1. The first-order valence-electron chi connectivity index (χ1n) is 9.67. The molecule has 3 rings (SSSR count). The second-order valence-corrected chi connectivity index (χ2v) is 7.24. The van der Waals surface area contributed by atoms with Crippen LogP contribution in [0.15, 0.2) is 57.7 Å². The number of nitrogens with zero attached hydrogens (tertiary/aromatic N) is 1. The van der Waals surface area contributed by atoms with E-state index in [-0.39, 0.29) is 34.3 Å². The Labute approximate surface area is 181 Å². The Morgan fingerprint density at radius 1 is 1.16 bits per heavy atom. The van der Waals surface area contributed by atoms with E-state index < -0.39 is 29.0 Å². The molecule has 0 radical (unpaired) electrons. The van der Waals surface area contributed by atoms with Crippen molar-refractivity contribution in [1.82, 2.24) is 5.32 Å².